The average molecular weight is 364 g/mol. The maximum atomic E-state index is 13.0. The molecule has 4 rings (SSSR count). The molecule has 0 aromatic carbocycles. The highest BCUT2D eigenvalue weighted by Crippen LogP contribution is 2.40. The van der Waals surface area contributed by atoms with E-state index in [2.05, 4.69) is 11.9 Å². The molecule has 4 nitrogen and oxygen atoms in total. The minimum Gasteiger partial charge on any atom is -0.460 e. The van der Waals surface area contributed by atoms with Crippen LogP contribution in [0.25, 0.3) is 0 Å². The van der Waals surface area contributed by atoms with Crippen molar-refractivity contribution in [2.24, 2.45) is 0 Å². The van der Waals surface area contributed by atoms with E-state index in [4.69, 9.17) is 4.74 Å². The number of thiophene rings is 2. The Bertz CT molecular complexity index is 650. The van der Waals surface area contributed by atoms with Gasteiger partial charge in [-0.1, -0.05) is 12.1 Å². The van der Waals surface area contributed by atoms with Gasteiger partial charge in [0.05, 0.1) is 9.75 Å². The van der Waals surface area contributed by atoms with Crippen LogP contribution in [0.5, 0.6) is 0 Å². The molecule has 2 bridgehead atoms. The number of nitrogens with zero attached hydrogens (tertiary/aromatic N) is 1. The Morgan fingerprint density at radius 3 is 2.17 bits per heavy atom. The number of hydrogen-bond donors (Lipinski definition) is 1. The van der Waals surface area contributed by atoms with E-state index in [1.54, 1.807) is 12.1 Å². The summed E-state index contributed by atoms with van der Waals surface area (Å²) in [4.78, 5) is 16.6. The molecule has 2 fully saturated rings. The van der Waals surface area contributed by atoms with Crippen LogP contribution in [0.2, 0.25) is 0 Å². The summed E-state index contributed by atoms with van der Waals surface area (Å²) in [6, 6.07) is 8.29. The van der Waals surface area contributed by atoms with Crippen LogP contribution in [-0.2, 0) is 15.1 Å². The standard InChI is InChI=1S/C18H21NO3S2/c1-19-12-6-7-13(19)11-14(10-12)22-17(20)18(21,15-4-2-8-23-15)16-5-3-9-24-16/h2-5,8-9,12-14,21H,6-7,10-11H2,1H3/t12-,13+,14-. The summed E-state index contributed by atoms with van der Waals surface area (Å²) in [5.41, 5.74) is -1.69. The summed E-state index contributed by atoms with van der Waals surface area (Å²) in [7, 11) is 2.16. The topological polar surface area (TPSA) is 49.8 Å². The minimum absolute atomic E-state index is 0.0994. The lowest BCUT2D eigenvalue weighted by Crippen LogP contribution is -2.46. The normalized spacial score (nSPS) is 27.3. The van der Waals surface area contributed by atoms with Crippen molar-refractivity contribution >= 4 is 28.6 Å². The van der Waals surface area contributed by atoms with Gasteiger partial charge in [-0.05, 0) is 55.6 Å². The molecule has 2 aliphatic rings. The number of carbonyl (C=O) groups excluding carboxylic acids is 1. The molecule has 0 aliphatic carbocycles. The molecule has 2 saturated heterocycles. The number of rotatable bonds is 4. The maximum Gasteiger partial charge on any atom is 0.349 e. The summed E-state index contributed by atoms with van der Waals surface area (Å²) in [6.07, 6.45) is 3.98. The number of fused-ring (bicyclic) bond motifs is 2. The Morgan fingerprint density at radius 2 is 1.71 bits per heavy atom. The largest absolute Gasteiger partial charge is 0.460 e. The van der Waals surface area contributed by atoms with Gasteiger partial charge in [0.25, 0.3) is 0 Å². The molecule has 3 atom stereocenters. The van der Waals surface area contributed by atoms with Crippen molar-refractivity contribution in [3.05, 3.63) is 44.8 Å². The lowest BCUT2D eigenvalue weighted by Gasteiger charge is -2.37. The molecule has 128 valence electrons. The fourth-order valence-corrected chi connectivity index (χ4v) is 5.70. The zero-order chi connectivity index (χ0) is 16.7. The van der Waals surface area contributed by atoms with Crippen molar-refractivity contribution < 1.29 is 14.6 Å². The smallest absolute Gasteiger partial charge is 0.349 e. The molecule has 1 N–H and O–H groups in total. The third-order valence-electron chi connectivity index (χ3n) is 5.38. The Balaban J connectivity index is 1.57. The predicted octanol–water partition coefficient (Wildman–Crippen LogP) is 3.21. The third kappa shape index (κ3) is 2.62. The molecule has 2 aromatic rings. The Labute approximate surface area is 149 Å². The van der Waals surface area contributed by atoms with Gasteiger partial charge in [0.1, 0.15) is 6.10 Å². The summed E-state index contributed by atoms with van der Waals surface area (Å²) in [5, 5.41) is 15.0. The Kier molecular flexibility index (Phi) is 4.24. The lowest BCUT2D eigenvalue weighted by molar-refractivity contribution is -0.170. The molecule has 0 unspecified atom stereocenters. The van der Waals surface area contributed by atoms with E-state index in [1.165, 1.54) is 35.5 Å². The van der Waals surface area contributed by atoms with Crippen LogP contribution < -0.4 is 0 Å². The zero-order valence-corrected chi connectivity index (χ0v) is 15.2. The second-order valence-corrected chi connectivity index (χ2v) is 8.61. The van der Waals surface area contributed by atoms with Gasteiger partial charge in [0.15, 0.2) is 0 Å². The first kappa shape index (κ1) is 16.3. The number of esters is 1. The van der Waals surface area contributed by atoms with Gasteiger partial charge in [0.2, 0.25) is 5.60 Å². The van der Waals surface area contributed by atoms with E-state index < -0.39 is 11.6 Å². The maximum absolute atomic E-state index is 13.0. The van der Waals surface area contributed by atoms with Gasteiger partial charge in [-0.15, -0.1) is 22.7 Å². The summed E-state index contributed by atoms with van der Waals surface area (Å²) in [6.45, 7) is 0. The SMILES string of the molecule is CN1[C@@H]2CC[C@H]1C[C@H](OC(=O)C(O)(c1cccs1)c1cccs1)C2. The van der Waals surface area contributed by atoms with E-state index in [-0.39, 0.29) is 6.10 Å². The molecular weight excluding hydrogens is 342 g/mol. The third-order valence-corrected chi connectivity index (χ3v) is 7.34. The molecule has 0 radical (unpaired) electrons. The quantitative estimate of drug-likeness (QED) is 0.848. The summed E-state index contributed by atoms with van der Waals surface area (Å²) in [5.74, 6) is -0.540. The highest BCUT2D eigenvalue weighted by atomic mass is 32.1. The van der Waals surface area contributed by atoms with Crippen molar-refractivity contribution in [2.75, 3.05) is 7.05 Å². The number of piperidine rings is 1. The number of aliphatic hydroxyl groups is 1. The van der Waals surface area contributed by atoms with Crippen LogP contribution in [0.15, 0.2) is 35.0 Å². The van der Waals surface area contributed by atoms with Crippen molar-refractivity contribution in [2.45, 2.75) is 49.5 Å². The van der Waals surface area contributed by atoms with Crippen LogP contribution in [-0.4, -0.2) is 41.2 Å². The van der Waals surface area contributed by atoms with Gasteiger partial charge in [-0.2, -0.15) is 0 Å². The molecule has 24 heavy (non-hydrogen) atoms. The average Bonchev–Trinajstić information content (AvgIpc) is 3.30. The first-order valence-electron chi connectivity index (χ1n) is 8.32. The molecule has 4 heterocycles. The van der Waals surface area contributed by atoms with E-state index >= 15 is 0 Å². The van der Waals surface area contributed by atoms with E-state index in [1.807, 2.05) is 22.9 Å². The highest BCUT2D eigenvalue weighted by Gasteiger charge is 2.47. The van der Waals surface area contributed by atoms with Gasteiger partial charge < -0.3 is 14.7 Å². The van der Waals surface area contributed by atoms with Crippen LogP contribution in [0.1, 0.15) is 35.4 Å². The first-order chi connectivity index (χ1) is 11.6. The van der Waals surface area contributed by atoms with Gasteiger partial charge in [0, 0.05) is 12.1 Å². The second-order valence-electron chi connectivity index (χ2n) is 6.71. The summed E-state index contributed by atoms with van der Waals surface area (Å²) >= 11 is 2.76. The first-order valence-corrected chi connectivity index (χ1v) is 10.1. The Hall–Kier alpha value is -1.21. The number of ether oxygens (including phenoxy) is 1. The number of carbonyl (C=O) groups is 1. The molecular formula is C18H21NO3S2. The monoisotopic (exact) mass is 363 g/mol. The molecule has 2 aromatic heterocycles. The van der Waals surface area contributed by atoms with Crippen LogP contribution in [0.3, 0.4) is 0 Å². The van der Waals surface area contributed by atoms with E-state index in [0.717, 1.165) is 12.8 Å². The van der Waals surface area contributed by atoms with Crippen molar-refractivity contribution in [3.8, 4) is 0 Å². The Morgan fingerprint density at radius 1 is 1.17 bits per heavy atom. The summed E-state index contributed by atoms with van der Waals surface area (Å²) < 4.78 is 5.83. The van der Waals surface area contributed by atoms with Crippen molar-refractivity contribution in [1.82, 2.24) is 4.90 Å². The highest BCUT2D eigenvalue weighted by molar-refractivity contribution is 7.12. The van der Waals surface area contributed by atoms with E-state index in [0.29, 0.717) is 21.8 Å². The fourth-order valence-electron chi connectivity index (χ4n) is 3.99. The molecule has 0 saturated carbocycles. The van der Waals surface area contributed by atoms with Crippen molar-refractivity contribution in [1.29, 1.82) is 0 Å². The zero-order valence-electron chi connectivity index (χ0n) is 13.6. The van der Waals surface area contributed by atoms with Crippen molar-refractivity contribution in [3.63, 3.8) is 0 Å². The van der Waals surface area contributed by atoms with Crippen LogP contribution in [0, 0.1) is 0 Å². The van der Waals surface area contributed by atoms with Crippen LogP contribution >= 0.6 is 22.7 Å². The van der Waals surface area contributed by atoms with Gasteiger partial charge >= 0.3 is 5.97 Å². The molecule has 0 amide bonds. The number of hydrogen-bond acceptors (Lipinski definition) is 6. The van der Waals surface area contributed by atoms with Crippen LogP contribution in [0.4, 0.5) is 0 Å². The molecule has 6 heteroatoms. The van der Waals surface area contributed by atoms with Gasteiger partial charge in [-0.25, -0.2) is 4.79 Å². The van der Waals surface area contributed by atoms with E-state index in [9.17, 15) is 9.90 Å². The second kappa shape index (κ2) is 6.26. The fraction of sp³-hybridized carbons (Fsp3) is 0.500. The van der Waals surface area contributed by atoms with Gasteiger partial charge in [-0.3, -0.25) is 0 Å². The lowest BCUT2D eigenvalue weighted by atomic mass is 9.98. The molecule has 2 aliphatic heterocycles. The minimum atomic E-state index is -1.69. The predicted molar refractivity (Wildman–Crippen MR) is 95.3 cm³/mol. The molecule has 0 spiro atoms.